The quantitative estimate of drug-likeness (QED) is 0.626. The van der Waals surface area contributed by atoms with Crippen LogP contribution in [0.3, 0.4) is 0 Å². The van der Waals surface area contributed by atoms with Crippen LogP contribution in [0.15, 0.2) is 54.9 Å². The van der Waals surface area contributed by atoms with Crippen molar-refractivity contribution in [3.05, 3.63) is 77.8 Å². The predicted octanol–water partition coefficient (Wildman–Crippen LogP) is 4.77. The third kappa shape index (κ3) is 4.58. The number of alkyl halides is 3. The molecule has 0 fully saturated rings. The number of aromatic nitrogens is 2. The van der Waals surface area contributed by atoms with Gasteiger partial charge in [0.05, 0.1) is 18.0 Å². The molecule has 1 amide bonds. The van der Waals surface area contributed by atoms with E-state index >= 15 is 0 Å². The molecule has 5 nitrogen and oxygen atoms in total. The van der Waals surface area contributed by atoms with Gasteiger partial charge in [-0.25, -0.2) is 18.7 Å². The van der Waals surface area contributed by atoms with Gasteiger partial charge in [0.15, 0.2) is 11.6 Å². The number of halogens is 5. The largest absolute Gasteiger partial charge is 0.416 e. The van der Waals surface area contributed by atoms with Crippen molar-refractivity contribution in [2.24, 2.45) is 0 Å². The molecular weight excluding hydrogens is 383 g/mol. The molecule has 0 aliphatic carbocycles. The van der Waals surface area contributed by atoms with Crippen molar-refractivity contribution in [2.75, 3.05) is 10.6 Å². The van der Waals surface area contributed by atoms with Gasteiger partial charge in [0.25, 0.3) is 5.91 Å². The Balaban J connectivity index is 1.65. The van der Waals surface area contributed by atoms with E-state index in [9.17, 15) is 26.7 Å². The molecule has 10 heteroatoms. The number of nitrogens with one attached hydrogen (secondary N) is 2. The standard InChI is InChI=1S/C18H11F5N4O/c19-13-6-5-12(7-14(13)20)26-16-9-24-15(8-25-16)17(28)27-11-3-1-10(2-4-11)18(21,22)23/h1-9H,(H,25,26)(H,27,28). The van der Waals surface area contributed by atoms with Gasteiger partial charge >= 0.3 is 6.18 Å². The van der Waals surface area contributed by atoms with Gasteiger partial charge in [-0.05, 0) is 36.4 Å². The van der Waals surface area contributed by atoms with Gasteiger partial charge < -0.3 is 10.6 Å². The topological polar surface area (TPSA) is 66.9 Å². The van der Waals surface area contributed by atoms with Crippen LogP contribution in [0.25, 0.3) is 0 Å². The Morgan fingerprint density at radius 1 is 0.857 bits per heavy atom. The van der Waals surface area contributed by atoms with Gasteiger partial charge in [-0.2, -0.15) is 13.2 Å². The van der Waals surface area contributed by atoms with E-state index in [1.165, 1.54) is 12.3 Å². The molecule has 3 aromatic rings. The first-order valence-corrected chi connectivity index (χ1v) is 7.75. The molecule has 0 unspecified atom stereocenters. The maximum atomic E-state index is 13.2. The molecule has 2 aromatic carbocycles. The normalized spacial score (nSPS) is 11.2. The highest BCUT2D eigenvalue weighted by Gasteiger charge is 2.30. The number of carbonyl (C=O) groups is 1. The Morgan fingerprint density at radius 2 is 1.54 bits per heavy atom. The second kappa shape index (κ2) is 7.59. The highest BCUT2D eigenvalue weighted by atomic mass is 19.4. The highest BCUT2D eigenvalue weighted by molar-refractivity contribution is 6.02. The molecule has 28 heavy (non-hydrogen) atoms. The molecule has 2 N–H and O–H groups in total. The first-order chi connectivity index (χ1) is 13.2. The number of carbonyl (C=O) groups excluding carboxylic acids is 1. The summed E-state index contributed by atoms with van der Waals surface area (Å²) in [5, 5.41) is 5.09. The van der Waals surface area contributed by atoms with E-state index in [0.29, 0.717) is 0 Å². The number of rotatable bonds is 4. The minimum atomic E-state index is -4.47. The number of nitrogens with zero attached hydrogens (tertiary/aromatic N) is 2. The lowest BCUT2D eigenvalue weighted by molar-refractivity contribution is -0.137. The van der Waals surface area contributed by atoms with E-state index in [4.69, 9.17) is 0 Å². The Kier molecular flexibility index (Phi) is 5.21. The van der Waals surface area contributed by atoms with Gasteiger partial charge in [0, 0.05) is 17.4 Å². The summed E-state index contributed by atoms with van der Waals surface area (Å²) in [6.07, 6.45) is -2.14. The SMILES string of the molecule is O=C(Nc1ccc(C(F)(F)F)cc1)c1cnc(Nc2ccc(F)c(F)c2)cn1. The molecule has 3 rings (SSSR count). The van der Waals surface area contributed by atoms with E-state index in [0.717, 1.165) is 42.6 Å². The Morgan fingerprint density at radius 3 is 2.11 bits per heavy atom. The van der Waals surface area contributed by atoms with Gasteiger partial charge in [-0.3, -0.25) is 4.79 Å². The molecule has 0 spiro atoms. The molecule has 1 heterocycles. The highest BCUT2D eigenvalue weighted by Crippen LogP contribution is 2.29. The number of anilines is 3. The first kappa shape index (κ1) is 19.2. The molecule has 0 saturated heterocycles. The fourth-order valence-electron chi connectivity index (χ4n) is 2.17. The second-order valence-electron chi connectivity index (χ2n) is 5.57. The molecule has 1 aromatic heterocycles. The van der Waals surface area contributed by atoms with E-state index < -0.39 is 29.3 Å². The van der Waals surface area contributed by atoms with E-state index in [1.54, 1.807) is 0 Å². The summed E-state index contributed by atoms with van der Waals surface area (Å²) in [5.74, 6) is -2.53. The lowest BCUT2D eigenvalue weighted by Gasteiger charge is -2.09. The van der Waals surface area contributed by atoms with E-state index in [1.807, 2.05) is 0 Å². The molecule has 0 saturated carbocycles. The number of benzene rings is 2. The van der Waals surface area contributed by atoms with Crippen molar-refractivity contribution in [2.45, 2.75) is 6.18 Å². The monoisotopic (exact) mass is 394 g/mol. The third-order valence-electron chi connectivity index (χ3n) is 3.55. The van der Waals surface area contributed by atoms with Crippen molar-refractivity contribution < 1.29 is 26.7 Å². The summed E-state index contributed by atoms with van der Waals surface area (Å²) in [6, 6.07) is 7.09. The average molecular weight is 394 g/mol. The number of hydrogen-bond acceptors (Lipinski definition) is 4. The van der Waals surface area contributed by atoms with Gasteiger partial charge in [0.1, 0.15) is 11.5 Å². The lowest BCUT2D eigenvalue weighted by atomic mass is 10.2. The van der Waals surface area contributed by atoms with E-state index in [2.05, 4.69) is 20.6 Å². The zero-order valence-electron chi connectivity index (χ0n) is 13.9. The minimum Gasteiger partial charge on any atom is -0.339 e. The maximum Gasteiger partial charge on any atom is 0.416 e. The summed E-state index contributed by atoms with van der Waals surface area (Å²) in [6.45, 7) is 0. The summed E-state index contributed by atoms with van der Waals surface area (Å²) in [4.78, 5) is 19.9. The van der Waals surface area contributed by atoms with Crippen LogP contribution < -0.4 is 10.6 Å². The minimum absolute atomic E-state index is 0.0873. The first-order valence-electron chi connectivity index (χ1n) is 7.75. The van der Waals surface area contributed by atoms with Crippen molar-refractivity contribution >= 4 is 23.1 Å². The van der Waals surface area contributed by atoms with Crippen molar-refractivity contribution in [3.63, 3.8) is 0 Å². The Bertz CT molecular complexity index is 988. The van der Waals surface area contributed by atoms with Crippen molar-refractivity contribution in [1.29, 1.82) is 0 Å². The summed E-state index contributed by atoms with van der Waals surface area (Å²) < 4.78 is 63.7. The second-order valence-corrected chi connectivity index (χ2v) is 5.57. The van der Waals surface area contributed by atoms with Crippen LogP contribution in [0.4, 0.5) is 39.1 Å². The fraction of sp³-hybridized carbons (Fsp3) is 0.0556. The Labute approximate surface area is 155 Å². The summed E-state index contributed by atoms with van der Waals surface area (Å²) in [7, 11) is 0. The summed E-state index contributed by atoms with van der Waals surface area (Å²) in [5.41, 5.74) is -0.535. The third-order valence-corrected chi connectivity index (χ3v) is 3.55. The molecular formula is C18H11F5N4O. The van der Waals surface area contributed by atoms with Crippen LogP contribution in [-0.4, -0.2) is 15.9 Å². The van der Waals surface area contributed by atoms with Crippen LogP contribution in [-0.2, 0) is 6.18 Å². The Hall–Kier alpha value is -3.56. The molecule has 0 aliphatic rings. The lowest BCUT2D eigenvalue weighted by Crippen LogP contribution is -2.14. The molecule has 144 valence electrons. The van der Waals surface area contributed by atoms with Crippen LogP contribution in [0.1, 0.15) is 16.1 Å². The average Bonchev–Trinajstić information content (AvgIpc) is 2.65. The molecule has 0 aliphatic heterocycles. The van der Waals surface area contributed by atoms with Crippen LogP contribution in [0.5, 0.6) is 0 Å². The maximum absolute atomic E-state index is 13.2. The van der Waals surface area contributed by atoms with Crippen LogP contribution >= 0.6 is 0 Å². The molecule has 0 radical (unpaired) electrons. The molecule has 0 bridgehead atoms. The predicted molar refractivity (Wildman–Crippen MR) is 91.1 cm³/mol. The molecule has 0 atom stereocenters. The number of amides is 1. The fourth-order valence-corrected chi connectivity index (χ4v) is 2.17. The van der Waals surface area contributed by atoms with Crippen molar-refractivity contribution in [3.8, 4) is 0 Å². The van der Waals surface area contributed by atoms with Crippen molar-refractivity contribution in [1.82, 2.24) is 9.97 Å². The van der Waals surface area contributed by atoms with Gasteiger partial charge in [-0.1, -0.05) is 0 Å². The van der Waals surface area contributed by atoms with Crippen LogP contribution in [0.2, 0.25) is 0 Å². The summed E-state index contributed by atoms with van der Waals surface area (Å²) >= 11 is 0. The zero-order valence-corrected chi connectivity index (χ0v) is 13.9. The smallest absolute Gasteiger partial charge is 0.339 e. The van der Waals surface area contributed by atoms with Crippen LogP contribution in [0, 0.1) is 11.6 Å². The van der Waals surface area contributed by atoms with E-state index in [-0.39, 0.29) is 22.9 Å². The number of hydrogen-bond donors (Lipinski definition) is 2. The van der Waals surface area contributed by atoms with Gasteiger partial charge in [0.2, 0.25) is 0 Å². The van der Waals surface area contributed by atoms with Gasteiger partial charge in [-0.15, -0.1) is 0 Å². The zero-order chi connectivity index (χ0) is 20.3.